The van der Waals surface area contributed by atoms with E-state index in [-0.39, 0.29) is 0 Å². The molecule has 1 saturated heterocycles. The predicted molar refractivity (Wildman–Crippen MR) is 138 cm³/mol. The summed E-state index contributed by atoms with van der Waals surface area (Å²) in [6.45, 7) is 2.11. The molecule has 3 heterocycles. The van der Waals surface area contributed by atoms with Crippen LogP contribution in [0, 0.1) is 0 Å². The average molecular weight is 457 g/mol. The second-order valence-electron chi connectivity index (χ2n) is 9.14. The lowest BCUT2D eigenvalue weighted by Gasteiger charge is -2.36. The maximum atomic E-state index is 5.71. The molecule has 7 nitrogen and oxygen atoms in total. The largest absolute Gasteiger partial charge is 0.494 e. The molecule has 0 unspecified atom stereocenters. The van der Waals surface area contributed by atoms with Gasteiger partial charge in [0.1, 0.15) is 5.75 Å². The van der Waals surface area contributed by atoms with E-state index in [1.54, 1.807) is 7.11 Å². The van der Waals surface area contributed by atoms with E-state index in [1.807, 2.05) is 12.3 Å². The van der Waals surface area contributed by atoms with Crippen LogP contribution in [0.4, 0.5) is 17.3 Å². The van der Waals surface area contributed by atoms with Crippen molar-refractivity contribution in [1.29, 1.82) is 0 Å². The highest BCUT2D eigenvalue weighted by atomic mass is 16.5. The Bertz CT molecular complexity index is 1240. The first-order valence-corrected chi connectivity index (χ1v) is 11.8. The summed E-state index contributed by atoms with van der Waals surface area (Å²) in [7, 11) is 6.04. The summed E-state index contributed by atoms with van der Waals surface area (Å²) in [6.07, 6.45) is 5.01. The Morgan fingerprint density at radius 2 is 1.88 bits per heavy atom. The third-order valence-corrected chi connectivity index (χ3v) is 6.65. The van der Waals surface area contributed by atoms with Crippen LogP contribution in [-0.2, 0) is 6.42 Å². The Morgan fingerprint density at radius 1 is 1.09 bits per heavy atom. The quantitative estimate of drug-likeness (QED) is 0.415. The number of nitrogens with zero attached hydrogens (tertiary/aromatic N) is 4. The number of aromatic amines is 1. The van der Waals surface area contributed by atoms with Gasteiger partial charge in [0, 0.05) is 43.0 Å². The van der Waals surface area contributed by atoms with Crippen molar-refractivity contribution >= 4 is 28.4 Å². The molecule has 0 bridgehead atoms. The van der Waals surface area contributed by atoms with Gasteiger partial charge >= 0.3 is 0 Å². The van der Waals surface area contributed by atoms with Crippen LogP contribution < -0.4 is 15.0 Å². The van der Waals surface area contributed by atoms with Crippen molar-refractivity contribution < 1.29 is 4.74 Å². The topological polar surface area (TPSA) is 69.3 Å². The average Bonchev–Trinajstić information content (AvgIpc) is 3.26. The molecule has 7 heteroatoms. The van der Waals surface area contributed by atoms with Gasteiger partial charge in [-0.2, -0.15) is 0 Å². The van der Waals surface area contributed by atoms with Crippen LogP contribution in [0.3, 0.4) is 0 Å². The van der Waals surface area contributed by atoms with Gasteiger partial charge in [-0.25, -0.2) is 9.97 Å². The lowest BCUT2D eigenvalue weighted by atomic mass is 10.0. The van der Waals surface area contributed by atoms with Gasteiger partial charge in [-0.1, -0.05) is 30.3 Å². The number of ether oxygens (including phenoxy) is 1. The van der Waals surface area contributed by atoms with Crippen LogP contribution in [0.15, 0.2) is 60.8 Å². The van der Waals surface area contributed by atoms with Crippen molar-refractivity contribution in [2.75, 3.05) is 44.5 Å². The summed E-state index contributed by atoms with van der Waals surface area (Å²) >= 11 is 0. The molecule has 2 aromatic carbocycles. The third kappa shape index (κ3) is 4.84. The number of rotatable bonds is 7. The van der Waals surface area contributed by atoms with E-state index in [0.29, 0.717) is 12.0 Å². The van der Waals surface area contributed by atoms with E-state index >= 15 is 0 Å². The number of anilines is 3. The zero-order valence-corrected chi connectivity index (χ0v) is 20.1. The molecule has 0 saturated carbocycles. The van der Waals surface area contributed by atoms with Gasteiger partial charge in [0.2, 0.25) is 5.95 Å². The van der Waals surface area contributed by atoms with Gasteiger partial charge in [0.25, 0.3) is 0 Å². The van der Waals surface area contributed by atoms with Crippen LogP contribution >= 0.6 is 0 Å². The van der Waals surface area contributed by atoms with Crippen molar-refractivity contribution in [1.82, 2.24) is 19.9 Å². The molecular weight excluding hydrogens is 424 g/mol. The molecule has 5 rings (SSSR count). The number of fused-ring (bicyclic) bond motifs is 1. The van der Waals surface area contributed by atoms with Gasteiger partial charge in [0.15, 0.2) is 0 Å². The Kier molecular flexibility index (Phi) is 6.36. The maximum absolute atomic E-state index is 5.71. The van der Waals surface area contributed by atoms with E-state index in [2.05, 4.69) is 87.7 Å². The van der Waals surface area contributed by atoms with Gasteiger partial charge in [-0.05, 0) is 50.7 Å². The first-order chi connectivity index (χ1) is 16.6. The van der Waals surface area contributed by atoms with E-state index in [4.69, 9.17) is 9.72 Å². The fourth-order valence-electron chi connectivity index (χ4n) is 4.69. The summed E-state index contributed by atoms with van der Waals surface area (Å²) in [5.74, 6) is 1.34. The zero-order valence-electron chi connectivity index (χ0n) is 20.1. The maximum Gasteiger partial charge on any atom is 0.227 e. The van der Waals surface area contributed by atoms with Crippen molar-refractivity contribution in [2.45, 2.75) is 25.3 Å². The predicted octanol–water partition coefficient (Wildman–Crippen LogP) is 4.83. The summed E-state index contributed by atoms with van der Waals surface area (Å²) in [5, 5.41) is 3.34. The zero-order chi connectivity index (χ0) is 23.5. The van der Waals surface area contributed by atoms with Crippen LogP contribution in [0.1, 0.15) is 24.1 Å². The Hall–Kier alpha value is -3.58. The lowest BCUT2D eigenvalue weighted by Crippen LogP contribution is -2.41. The SMILES string of the molecule is COc1cc(N2CCC(N(C)C)CC2)ccc1Nc1ncc2[nH]c(Cc3ccccc3)cc2n1. The summed E-state index contributed by atoms with van der Waals surface area (Å²) in [5.41, 5.74) is 6.24. The molecule has 2 aromatic heterocycles. The molecule has 0 atom stereocenters. The standard InChI is InChI=1S/C27H32N6O/c1-32(2)21-11-13-33(14-12-21)22-9-10-23(26(17-22)34-3)30-27-28-18-25-24(31-27)16-20(29-25)15-19-7-5-4-6-8-19/h4-10,16-18,21,29H,11-15H2,1-3H3,(H,28,30,31). The van der Waals surface area contributed by atoms with E-state index in [1.165, 1.54) is 24.1 Å². The number of aromatic nitrogens is 3. The Balaban J connectivity index is 1.31. The van der Waals surface area contributed by atoms with Crippen molar-refractivity contribution in [3.8, 4) is 5.75 Å². The Labute approximate surface area is 200 Å². The van der Waals surface area contributed by atoms with Gasteiger partial charge in [-0.3, -0.25) is 0 Å². The van der Waals surface area contributed by atoms with Crippen LogP contribution in [0.25, 0.3) is 11.0 Å². The van der Waals surface area contributed by atoms with Crippen LogP contribution in [0.2, 0.25) is 0 Å². The summed E-state index contributed by atoms with van der Waals surface area (Å²) < 4.78 is 5.71. The van der Waals surface area contributed by atoms with Crippen molar-refractivity contribution in [3.63, 3.8) is 0 Å². The molecule has 0 spiro atoms. The van der Waals surface area contributed by atoms with Crippen molar-refractivity contribution in [2.24, 2.45) is 0 Å². The minimum atomic E-state index is 0.551. The molecule has 0 aliphatic carbocycles. The van der Waals surface area contributed by atoms with Gasteiger partial charge < -0.3 is 24.8 Å². The number of methoxy groups -OCH3 is 1. The smallest absolute Gasteiger partial charge is 0.227 e. The molecule has 1 aliphatic rings. The molecule has 1 aliphatic heterocycles. The summed E-state index contributed by atoms with van der Waals surface area (Å²) in [4.78, 5) is 17.4. The van der Waals surface area contributed by atoms with Gasteiger partial charge in [0.05, 0.1) is 30.0 Å². The second kappa shape index (κ2) is 9.73. The number of piperidine rings is 1. The first-order valence-electron chi connectivity index (χ1n) is 11.8. The highest BCUT2D eigenvalue weighted by molar-refractivity contribution is 5.77. The minimum Gasteiger partial charge on any atom is -0.494 e. The van der Waals surface area contributed by atoms with Crippen molar-refractivity contribution in [3.05, 3.63) is 72.1 Å². The number of benzene rings is 2. The lowest BCUT2D eigenvalue weighted by molar-refractivity contribution is 0.249. The molecule has 1 fully saturated rings. The molecule has 0 amide bonds. The number of hydrogen-bond acceptors (Lipinski definition) is 6. The monoisotopic (exact) mass is 456 g/mol. The first kappa shape index (κ1) is 22.2. The molecule has 4 aromatic rings. The normalized spacial score (nSPS) is 14.6. The highest BCUT2D eigenvalue weighted by Crippen LogP contribution is 2.33. The molecule has 0 radical (unpaired) electrons. The fourth-order valence-corrected chi connectivity index (χ4v) is 4.69. The molecule has 176 valence electrons. The minimum absolute atomic E-state index is 0.551. The van der Waals surface area contributed by atoms with Crippen LogP contribution in [-0.4, -0.2) is 60.2 Å². The molecular formula is C27H32N6O. The molecule has 34 heavy (non-hydrogen) atoms. The van der Waals surface area contributed by atoms with E-state index in [9.17, 15) is 0 Å². The summed E-state index contributed by atoms with van der Waals surface area (Å²) in [6, 6.07) is 19.5. The Morgan fingerprint density at radius 3 is 2.62 bits per heavy atom. The van der Waals surface area contributed by atoms with Gasteiger partial charge in [-0.15, -0.1) is 0 Å². The highest BCUT2D eigenvalue weighted by Gasteiger charge is 2.21. The van der Waals surface area contributed by atoms with Crippen LogP contribution in [0.5, 0.6) is 5.75 Å². The second-order valence-corrected chi connectivity index (χ2v) is 9.14. The number of nitrogens with one attached hydrogen (secondary N) is 2. The molecule has 2 N–H and O–H groups in total. The van der Waals surface area contributed by atoms with E-state index < -0.39 is 0 Å². The third-order valence-electron chi connectivity index (χ3n) is 6.65. The number of hydrogen-bond donors (Lipinski definition) is 2. The number of H-pyrrole nitrogens is 1. The van der Waals surface area contributed by atoms with E-state index in [0.717, 1.165) is 47.7 Å². The fraction of sp³-hybridized carbons (Fsp3) is 0.333.